The second-order valence-electron chi connectivity index (χ2n) is 4.32. The monoisotopic (exact) mass is 256 g/mol. The van der Waals surface area contributed by atoms with Crippen molar-refractivity contribution in [2.24, 2.45) is 5.92 Å². The summed E-state index contributed by atoms with van der Waals surface area (Å²) in [6.45, 7) is 6.08. The van der Waals surface area contributed by atoms with Gasteiger partial charge in [-0.25, -0.2) is 0 Å². The van der Waals surface area contributed by atoms with Crippen LogP contribution in [0.3, 0.4) is 0 Å². The Hall–Kier alpha value is -0.970. The van der Waals surface area contributed by atoms with Gasteiger partial charge in [-0.2, -0.15) is 16.9 Å². The van der Waals surface area contributed by atoms with Gasteiger partial charge in [-0.05, 0) is 19.9 Å². The lowest BCUT2D eigenvalue weighted by atomic mass is 10.2. The molecule has 0 fully saturated rings. The van der Waals surface area contributed by atoms with Crippen molar-refractivity contribution < 1.29 is 9.53 Å². The minimum atomic E-state index is -0.148. The molecule has 4 nitrogen and oxygen atoms in total. The molecule has 5 heteroatoms. The molecule has 0 aliphatic carbocycles. The van der Waals surface area contributed by atoms with Crippen molar-refractivity contribution in [1.82, 2.24) is 9.78 Å². The summed E-state index contributed by atoms with van der Waals surface area (Å²) < 4.78 is 6.62. The van der Waals surface area contributed by atoms with Crippen LogP contribution < -0.4 is 0 Å². The highest BCUT2D eigenvalue weighted by Gasteiger charge is 2.13. The van der Waals surface area contributed by atoms with Crippen LogP contribution in [0.1, 0.15) is 32.5 Å². The van der Waals surface area contributed by atoms with Crippen LogP contribution in [0.25, 0.3) is 0 Å². The first kappa shape index (κ1) is 14.1. The highest BCUT2D eigenvalue weighted by Crippen LogP contribution is 2.15. The number of nitrogens with zero attached hydrogens (tertiary/aromatic N) is 2. The van der Waals surface area contributed by atoms with E-state index in [2.05, 4.69) is 23.7 Å². The molecule has 0 amide bonds. The van der Waals surface area contributed by atoms with Gasteiger partial charge >= 0.3 is 5.97 Å². The lowest BCUT2D eigenvalue weighted by Gasteiger charge is -2.07. The molecule has 96 valence electrons. The Morgan fingerprint density at radius 1 is 1.53 bits per heavy atom. The van der Waals surface area contributed by atoms with Crippen molar-refractivity contribution in [3.8, 4) is 0 Å². The smallest absolute Gasteiger partial charge is 0.309 e. The topological polar surface area (TPSA) is 44.1 Å². The van der Waals surface area contributed by atoms with Gasteiger partial charge in [0, 0.05) is 23.7 Å². The third-order valence-electron chi connectivity index (χ3n) is 2.41. The number of carbonyl (C=O) groups excluding carboxylic acids is 1. The Morgan fingerprint density at radius 3 is 2.76 bits per heavy atom. The van der Waals surface area contributed by atoms with E-state index in [1.807, 2.05) is 23.9 Å². The number of hydrogen-bond donors (Lipinski definition) is 0. The Labute approximate surface area is 107 Å². The third-order valence-corrected chi connectivity index (χ3v) is 3.65. The van der Waals surface area contributed by atoms with Gasteiger partial charge in [0.1, 0.15) is 0 Å². The molecule has 0 radical (unpaired) electrons. The van der Waals surface area contributed by atoms with E-state index in [1.165, 1.54) is 7.11 Å². The standard InChI is InChI=1S/C12H20N2O2S/c1-9(2)14-6-5-11(13-14)8-17-7-10(3)12(15)16-4/h5-6,9-10H,7-8H2,1-4H3. The Bertz CT molecular complexity index is 363. The SMILES string of the molecule is COC(=O)C(C)CSCc1ccn(C(C)C)n1. The quantitative estimate of drug-likeness (QED) is 0.734. The summed E-state index contributed by atoms with van der Waals surface area (Å²) in [5.74, 6) is 1.39. The molecule has 1 aromatic rings. The summed E-state index contributed by atoms with van der Waals surface area (Å²) in [4.78, 5) is 11.2. The largest absolute Gasteiger partial charge is 0.469 e. The van der Waals surface area contributed by atoms with E-state index in [4.69, 9.17) is 0 Å². The molecule has 0 aliphatic rings. The second-order valence-corrected chi connectivity index (χ2v) is 5.35. The summed E-state index contributed by atoms with van der Waals surface area (Å²) in [6.07, 6.45) is 1.99. The number of carbonyl (C=O) groups is 1. The molecular formula is C12H20N2O2S. The summed E-state index contributed by atoms with van der Waals surface area (Å²) in [5.41, 5.74) is 1.06. The van der Waals surface area contributed by atoms with Crippen molar-refractivity contribution in [1.29, 1.82) is 0 Å². The van der Waals surface area contributed by atoms with Crippen molar-refractivity contribution in [3.63, 3.8) is 0 Å². The normalized spacial score (nSPS) is 12.8. The van der Waals surface area contributed by atoms with Crippen molar-refractivity contribution in [3.05, 3.63) is 18.0 Å². The Morgan fingerprint density at radius 2 is 2.24 bits per heavy atom. The van der Waals surface area contributed by atoms with Crippen LogP contribution in [-0.4, -0.2) is 28.6 Å². The molecular weight excluding hydrogens is 236 g/mol. The minimum Gasteiger partial charge on any atom is -0.469 e. The molecule has 1 atom stereocenters. The third kappa shape index (κ3) is 4.42. The molecule has 1 aromatic heterocycles. The zero-order valence-electron chi connectivity index (χ0n) is 10.8. The first-order valence-electron chi connectivity index (χ1n) is 5.74. The molecule has 1 unspecified atom stereocenters. The molecule has 0 aliphatic heterocycles. The van der Waals surface area contributed by atoms with E-state index in [1.54, 1.807) is 11.8 Å². The number of thioether (sulfide) groups is 1. The zero-order valence-corrected chi connectivity index (χ0v) is 11.7. The van der Waals surface area contributed by atoms with E-state index in [0.29, 0.717) is 6.04 Å². The number of methoxy groups -OCH3 is 1. The molecule has 0 N–H and O–H groups in total. The van der Waals surface area contributed by atoms with Gasteiger partial charge in [0.05, 0.1) is 18.7 Å². The molecule has 17 heavy (non-hydrogen) atoms. The van der Waals surface area contributed by atoms with Crippen molar-refractivity contribution >= 4 is 17.7 Å². The van der Waals surface area contributed by atoms with Gasteiger partial charge in [0.25, 0.3) is 0 Å². The fourth-order valence-corrected chi connectivity index (χ4v) is 2.32. The van der Waals surface area contributed by atoms with Crippen LogP contribution in [0.2, 0.25) is 0 Å². The maximum absolute atomic E-state index is 11.2. The average Bonchev–Trinajstić information content (AvgIpc) is 2.76. The molecule has 1 rings (SSSR count). The number of aromatic nitrogens is 2. The van der Waals surface area contributed by atoms with Gasteiger partial charge < -0.3 is 4.74 Å². The van der Waals surface area contributed by atoms with Gasteiger partial charge in [-0.1, -0.05) is 6.92 Å². The van der Waals surface area contributed by atoms with Gasteiger partial charge in [0.15, 0.2) is 0 Å². The number of rotatable bonds is 6. The summed E-state index contributed by atoms with van der Waals surface area (Å²) in [6, 6.07) is 2.42. The van der Waals surface area contributed by atoms with Crippen LogP contribution in [0, 0.1) is 5.92 Å². The predicted molar refractivity (Wildman–Crippen MR) is 70.0 cm³/mol. The van der Waals surface area contributed by atoms with Crippen LogP contribution in [0.5, 0.6) is 0 Å². The first-order chi connectivity index (χ1) is 8.04. The van der Waals surface area contributed by atoms with Crippen LogP contribution >= 0.6 is 11.8 Å². The maximum atomic E-state index is 11.2. The number of ether oxygens (including phenoxy) is 1. The molecule has 0 saturated heterocycles. The molecule has 0 bridgehead atoms. The van der Waals surface area contributed by atoms with Crippen molar-refractivity contribution in [2.45, 2.75) is 32.6 Å². The predicted octanol–water partition coefficient (Wildman–Crippen LogP) is 2.51. The summed E-state index contributed by atoms with van der Waals surface area (Å²) in [5, 5.41) is 4.45. The Kier molecular flexibility index (Phi) is 5.55. The maximum Gasteiger partial charge on any atom is 0.309 e. The minimum absolute atomic E-state index is 0.0582. The fraction of sp³-hybridized carbons (Fsp3) is 0.667. The van der Waals surface area contributed by atoms with E-state index >= 15 is 0 Å². The highest BCUT2D eigenvalue weighted by atomic mass is 32.2. The van der Waals surface area contributed by atoms with Crippen LogP contribution in [-0.2, 0) is 15.3 Å². The molecule has 1 heterocycles. The van der Waals surface area contributed by atoms with E-state index in [-0.39, 0.29) is 11.9 Å². The van der Waals surface area contributed by atoms with E-state index in [9.17, 15) is 4.79 Å². The highest BCUT2D eigenvalue weighted by molar-refractivity contribution is 7.98. The van der Waals surface area contributed by atoms with Gasteiger partial charge in [-0.15, -0.1) is 0 Å². The fourth-order valence-electron chi connectivity index (χ4n) is 1.35. The van der Waals surface area contributed by atoms with Gasteiger partial charge in [-0.3, -0.25) is 9.48 Å². The summed E-state index contributed by atoms with van der Waals surface area (Å²) >= 11 is 1.71. The van der Waals surface area contributed by atoms with Gasteiger partial charge in [0.2, 0.25) is 0 Å². The average molecular weight is 256 g/mol. The van der Waals surface area contributed by atoms with Crippen molar-refractivity contribution in [2.75, 3.05) is 12.9 Å². The number of hydrogen-bond acceptors (Lipinski definition) is 4. The molecule has 0 saturated carbocycles. The lowest BCUT2D eigenvalue weighted by Crippen LogP contribution is -2.14. The van der Waals surface area contributed by atoms with E-state index < -0.39 is 0 Å². The second kappa shape index (κ2) is 6.69. The molecule has 0 spiro atoms. The summed E-state index contributed by atoms with van der Waals surface area (Å²) in [7, 11) is 1.42. The van der Waals surface area contributed by atoms with E-state index in [0.717, 1.165) is 17.2 Å². The first-order valence-corrected chi connectivity index (χ1v) is 6.89. The van der Waals surface area contributed by atoms with Crippen LogP contribution in [0.4, 0.5) is 0 Å². The Balaban J connectivity index is 2.33. The number of esters is 1. The van der Waals surface area contributed by atoms with Crippen LogP contribution in [0.15, 0.2) is 12.3 Å². The zero-order chi connectivity index (χ0) is 12.8. The molecule has 0 aromatic carbocycles. The lowest BCUT2D eigenvalue weighted by molar-refractivity contribution is -0.143.